The van der Waals surface area contributed by atoms with E-state index in [-0.39, 0.29) is 32.3 Å². The van der Waals surface area contributed by atoms with Crippen molar-refractivity contribution < 1.29 is 26.4 Å². The molecule has 5 rings (SSSR count). The van der Waals surface area contributed by atoms with Crippen molar-refractivity contribution in [1.82, 2.24) is 0 Å². The van der Waals surface area contributed by atoms with Crippen molar-refractivity contribution in [2.24, 2.45) is 0 Å². The zero-order valence-corrected chi connectivity index (χ0v) is 29.5. The second-order valence-electron chi connectivity index (χ2n) is 9.59. The van der Waals surface area contributed by atoms with Crippen LogP contribution in [-0.2, 0) is 20.0 Å². The van der Waals surface area contributed by atoms with Gasteiger partial charge in [-0.2, -0.15) is 8.61 Å². The van der Waals surface area contributed by atoms with E-state index in [9.17, 15) is 26.4 Å². The first kappa shape index (κ1) is 33.8. The van der Waals surface area contributed by atoms with Crippen LogP contribution in [0.3, 0.4) is 0 Å². The van der Waals surface area contributed by atoms with E-state index < -0.39 is 31.9 Å². The summed E-state index contributed by atoms with van der Waals surface area (Å²) < 4.78 is 58.2. The maximum absolute atomic E-state index is 13.9. The molecule has 234 valence electrons. The summed E-state index contributed by atoms with van der Waals surface area (Å²) in [6.45, 7) is 0. The first-order chi connectivity index (χ1) is 21.8. The normalized spacial score (nSPS) is 11.6. The van der Waals surface area contributed by atoms with Crippen molar-refractivity contribution in [2.45, 2.75) is 9.79 Å². The lowest BCUT2D eigenvalue weighted by Crippen LogP contribution is -2.38. The molecular formula is C32H20Br2Cl2N2O6S2. The van der Waals surface area contributed by atoms with Gasteiger partial charge in [0.1, 0.15) is 0 Å². The van der Waals surface area contributed by atoms with Crippen molar-refractivity contribution in [3.63, 3.8) is 0 Å². The fourth-order valence-corrected chi connectivity index (χ4v) is 7.91. The van der Waals surface area contributed by atoms with Crippen LogP contribution >= 0.6 is 55.1 Å². The summed E-state index contributed by atoms with van der Waals surface area (Å²) >= 11 is 18.5. The second kappa shape index (κ2) is 13.7. The lowest BCUT2D eigenvalue weighted by Gasteiger charge is -2.25. The number of rotatable bonds is 8. The molecule has 5 aromatic rings. The molecule has 0 saturated heterocycles. The molecule has 0 bridgehead atoms. The monoisotopic (exact) mass is 820 g/mol. The van der Waals surface area contributed by atoms with Gasteiger partial charge in [-0.1, -0.05) is 55.1 Å². The largest absolute Gasteiger partial charge is 0.272 e. The van der Waals surface area contributed by atoms with E-state index in [0.29, 0.717) is 27.6 Å². The predicted octanol–water partition coefficient (Wildman–Crippen LogP) is 8.59. The third-order valence-electron chi connectivity index (χ3n) is 6.57. The Labute approximate surface area is 292 Å². The Morgan fingerprint density at radius 2 is 0.739 bits per heavy atom. The summed E-state index contributed by atoms with van der Waals surface area (Å²) in [6.07, 6.45) is 0. The summed E-state index contributed by atoms with van der Waals surface area (Å²) in [7, 11) is -8.97. The van der Waals surface area contributed by atoms with Crippen LogP contribution in [0.1, 0.15) is 20.7 Å². The fourth-order valence-electron chi connectivity index (χ4n) is 4.30. The van der Waals surface area contributed by atoms with Gasteiger partial charge < -0.3 is 0 Å². The van der Waals surface area contributed by atoms with Gasteiger partial charge in [-0.15, -0.1) is 0 Å². The van der Waals surface area contributed by atoms with Gasteiger partial charge in [-0.3, -0.25) is 9.59 Å². The summed E-state index contributed by atoms with van der Waals surface area (Å²) in [5.41, 5.74) is -0.142. The minimum Gasteiger partial charge on any atom is -0.268 e. The molecule has 0 radical (unpaired) electrons. The first-order valence-electron chi connectivity index (χ1n) is 13.1. The summed E-state index contributed by atoms with van der Waals surface area (Å²) in [5.74, 6) is -1.77. The van der Waals surface area contributed by atoms with Crippen LogP contribution in [-0.4, -0.2) is 28.6 Å². The molecule has 0 saturated carbocycles. The van der Waals surface area contributed by atoms with Crippen LogP contribution in [0.5, 0.6) is 0 Å². The molecule has 0 spiro atoms. The Balaban J connectivity index is 1.64. The van der Waals surface area contributed by atoms with E-state index >= 15 is 0 Å². The molecule has 14 heteroatoms. The molecule has 0 aromatic heterocycles. The highest BCUT2D eigenvalue weighted by molar-refractivity contribution is 9.10. The topological polar surface area (TPSA) is 109 Å². The number of halogens is 4. The Morgan fingerprint density at radius 1 is 0.457 bits per heavy atom. The molecule has 0 aliphatic heterocycles. The molecule has 0 unspecified atom stereocenters. The number of benzene rings is 5. The smallest absolute Gasteiger partial charge is 0.268 e. The van der Waals surface area contributed by atoms with Crippen LogP contribution < -0.4 is 8.61 Å². The minimum atomic E-state index is -4.49. The van der Waals surface area contributed by atoms with Gasteiger partial charge in [-0.05, 0) is 121 Å². The minimum absolute atomic E-state index is 0.0338. The fraction of sp³-hybridized carbons (Fsp3) is 0. The molecule has 0 atom stereocenters. The van der Waals surface area contributed by atoms with Crippen molar-refractivity contribution in [3.05, 3.63) is 151 Å². The molecule has 0 fully saturated rings. The molecular weight excluding hydrogens is 803 g/mol. The van der Waals surface area contributed by atoms with Crippen LogP contribution in [0, 0.1) is 0 Å². The molecule has 2 amide bonds. The Kier molecular flexibility index (Phi) is 10.1. The van der Waals surface area contributed by atoms with Crippen molar-refractivity contribution in [1.29, 1.82) is 0 Å². The van der Waals surface area contributed by atoms with Crippen LogP contribution in [0.25, 0.3) is 0 Å². The zero-order valence-electron chi connectivity index (χ0n) is 23.2. The number of sulfonamides is 2. The van der Waals surface area contributed by atoms with Gasteiger partial charge in [0, 0.05) is 30.1 Å². The van der Waals surface area contributed by atoms with E-state index in [1.54, 1.807) is 0 Å². The van der Waals surface area contributed by atoms with E-state index in [1.807, 2.05) is 0 Å². The molecule has 0 aliphatic carbocycles. The highest BCUT2D eigenvalue weighted by Gasteiger charge is 2.35. The van der Waals surface area contributed by atoms with E-state index in [4.69, 9.17) is 23.2 Å². The quantitative estimate of drug-likeness (QED) is 0.155. The maximum Gasteiger partial charge on any atom is 0.272 e. The third kappa shape index (κ3) is 7.07. The summed E-state index contributed by atoms with van der Waals surface area (Å²) in [6, 6.07) is 27.8. The Bertz CT molecular complexity index is 1970. The van der Waals surface area contributed by atoms with Gasteiger partial charge in [-0.25, -0.2) is 16.8 Å². The number of amides is 2. The number of nitrogens with zero attached hydrogens (tertiary/aromatic N) is 2. The standard InChI is InChI=1S/C32H20Br2Cl2N2O6S2/c33-23-5-17-29(18-6-23)45(41,42)37(31(39)21-1-9-25(35)10-2-21)27-13-15-28(16-14-27)38(32(40)22-3-11-26(36)12-4-22)46(43,44)30-19-7-24(34)8-20-30/h1-20H. The van der Waals surface area contributed by atoms with Crippen molar-refractivity contribution in [3.8, 4) is 0 Å². The van der Waals surface area contributed by atoms with Gasteiger partial charge in [0.05, 0.1) is 21.2 Å². The molecule has 46 heavy (non-hydrogen) atoms. The predicted molar refractivity (Wildman–Crippen MR) is 186 cm³/mol. The number of carbonyl (C=O) groups is 2. The molecule has 8 nitrogen and oxygen atoms in total. The molecule has 5 aromatic carbocycles. The zero-order chi connectivity index (χ0) is 33.2. The van der Waals surface area contributed by atoms with E-state index in [2.05, 4.69) is 31.9 Å². The average Bonchev–Trinajstić information content (AvgIpc) is 3.03. The van der Waals surface area contributed by atoms with Crippen LogP contribution in [0.15, 0.2) is 140 Å². The second-order valence-corrected chi connectivity index (χ2v) is 15.9. The Morgan fingerprint density at radius 3 is 1.02 bits per heavy atom. The molecule has 0 aliphatic rings. The SMILES string of the molecule is O=C(c1ccc(Cl)cc1)N(c1ccc(N(C(=O)c2ccc(Cl)cc2)S(=O)(=O)c2ccc(Br)cc2)cc1)S(=O)(=O)c1ccc(Br)cc1. The Hall–Kier alpha value is -3.52. The lowest BCUT2D eigenvalue weighted by molar-refractivity contribution is 0.0996. The number of anilines is 2. The van der Waals surface area contributed by atoms with E-state index in [1.165, 1.54) is 121 Å². The number of hydrogen-bond acceptors (Lipinski definition) is 6. The highest BCUT2D eigenvalue weighted by Crippen LogP contribution is 2.32. The highest BCUT2D eigenvalue weighted by atomic mass is 79.9. The average molecular weight is 823 g/mol. The van der Waals surface area contributed by atoms with Crippen LogP contribution in [0.2, 0.25) is 10.0 Å². The van der Waals surface area contributed by atoms with Gasteiger partial charge in [0.25, 0.3) is 31.9 Å². The summed E-state index contributed by atoms with van der Waals surface area (Å²) in [4.78, 5) is 27.2. The lowest BCUT2D eigenvalue weighted by atomic mass is 10.2. The molecule has 0 heterocycles. The van der Waals surface area contributed by atoms with Crippen LogP contribution in [0.4, 0.5) is 11.4 Å². The summed E-state index contributed by atoms with van der Waals surface area (Å²) in [5, 5.41) is 0.696. The van der Waals surface area contributed by atoms with Crippen molar-refractivity contribution in [2.75, 3.05) is 8.61 Å². The van der Waals surface area contributed by atoms with Gasteiger partial charge in [0.2, 0.25) is 0 Å². The van der Waals surface area contributed by atoms with E-state index in [0.717, 1.165) is 0 Å². The van der Waals surface area contributed by atoms with Gasteiger partial charge >= 0.3 is 0 Å². The van der Waals surface area contributed by atoms with Gasteiger partial charge in [0.15, 0.2) is 0 Å². The van der Waals surface area contributed by atoms with Crippen molar-refractivity contribution >= 4 is 98.3 Å². The first-order valence-corrected chi connectivity index (χ1v) is 18.3. The molecule has 0 N–H and O–H groups in total. The number of hydrogen-bond donors (Lipinski definition) is 0. The third-order valence-corrected chi connectivity index (χ3v) is 11.6. The maximum atomic E-state index is 13.9. The number of carbonyl (C=O) groups excluding carboxylic acids is 2.